The van der Waals surface area contributed by atoms with Crippen molar-refractivity contribution in [2.45, 2.75) is 52.1 Å². The van der Waals surface area contributed by atoms with Crippen molar-refractivity contribution in [2.75, 3.05) is 20.1 Å². The average Bonchev–Trinajstić information content (AvgIpc) is 2.67. The summed E-state index contributed by atoms with van der Waals surface area (Å²) in [4.78, 5) is 17.9. The zero-order valence-electron chi connectivity index (χ0n) is 17.6. The normalized spacial score (nSPS) is 12.0. The number of carbonyl (C=O) groups is 1. The topological polar surface area (TPSA) is 23.6 Å². The van der Waals surface area contributed by atoms with E-state index in [0.717, 1.165) is 17.7 Å². The third kappa shape index (κ3) is 4.78. The second kappa shape index (κ2) is 9.18. The molecule has 0 bridgehead atoms. The van der Waals surface area contributed by atoms with E-state index in [0.29, 0.717) is 18.6 Å². The molecule has 0 aliphatic heterocycles. The molecule has 0 heterocycles. The van der Waals surface area contributed by atoms with Crippen molar-refractivity contribution in [3.8, 4) is 0 Å². The van der Waals surface area contributed by atoms with E-state index in [9.17, 15) is 4.79 Å². The molecule has 0 saturated carbocycles. The van der Waals surface area contributed by atoms with Crippen LogP contribution in [0.25, 0.3) is 0 Å². The first kappa shape index (κ1) is 21.2. The molecule has 0 aliphatic carbocycles. The van der Waals surface area contributed by atoms with Gasteiger partial charge in [-0.25, -0.2) is 0 Å². The van der Waals surface area contributed by atoms with Gasteiger partial charge in [-0.05, 0) is 45.7 Å². The predicted octanol–water partition coefficient (Wildman–Crippen LogP) is 4.57. The van der Waals surface area contributed by atoms with Gasteiger partial charge in [0, 0.05) is 32.2 Å². The van der Waals surface area contributed by atoms with Crippen LogP contribution in [0.3, 0.4) is 0 Å². The van der Waals surface area contributed by atoms with Gasteiger partial charge in [0.25, 0.3) is 0 Å². The van der Waals surface area contributed by atoms with E-state index in [4.69, 9.17) is 0 Å². The summed E-state index contributed by atoms with van der Waals surface area (Å²) in [6, 6.07) is 21.1. The maximum atomic E-state index is 13.6. The van der Waals surface area contributed by atoms with E-state index in [-0.39, 0.29) is 5.91 Å². The summed E-state index contributed by atoms with van der Waals surface area (Å²) in [6.45, 7) is 12.5. The molecule has 1 amide bonds. The van der Waals surface area contributed by atoms with E-state index < -0.39 is 5.41 Å². The Morgan fingerprint density at radius 2 is 1.22 bits per heavy atom. The van der Waals surface area contributed by atoms with E-state index >= 15 is 0 Å². The summed E-state index contributed by atoms with van der Waals surface area (Å²) >= 11 is 0. The minimum absolute atomic E-state index is 0.132. The molecule has 0 unspecified atom stereocenters. The predicted molar refractivity (Wildman–Crippen MR) is 114 cm³/mol. The lowest BCUT2D eigenvalue weighted by Gasteiger charge is -2.36. The second-order valence-electron chi connectivity index (χ2n) is 8.01. The number of rotatable bonds is 8. The number of hydrogen-bond acceptors (Lipinski definition) is 2. The molecule has 0 radical (unpaired) electrons. The Morgan fingerprint density at radius 1 is 0.815 bits per heavy atom. The first-order chi connectivity index (χ1) is 12.8. The first-order valence-electron chi connectivity index (χ1n) is 9.90. The van der Waals surface area contributed by atoms with E-state index in [1.807, 2.05) is 79.5 Å². The van der Waals surface area contributed by atoms with Crippen molar-refractivity contribution in [1.82, 2.24) is 9.80 Å². The number of amides is 1. The van der Waals surface area contributed by atoms with Gasteiger partial charge in [-0.15, -0.1) is 0 Å². The molecular weight excluding hydrogens is 332 g/mol. The number of likely N-dealkylation sites (N-methyl/N-ethyl adjacent to an activating group) is 1. The zero-order valence-corrected chi connectivity index (χ0v) is 17.6. The summed E-state index contributed by atoms with van der Waals surface area (Å²) < 4.78 is 0. The van der Waals surface area contributed by atoms with Crippen molar-refractivity contribution in [2.24, 2.45) is 0 Å². The lowest BCUT2D eigenvalue weighted by Crippen LogP contribution is -2.48. The minimum Gasteiger partial charge on any atom is -0.343 e. The summed E-state index contributed by atoms with van der Waals surface area (Å²) in [7, 11) is 1.92. The molecule has 0 aliphatic rings. The molecule has 0 saturated heterocycles. The van der Waals surface area contributed by atoms with Gasteiger partial charge in [0.05, 0.1) is 5.41 Å². The fraction of sp³-hybridized carbons (Fsp3) is 0.458. The van der Waals surface area contributed by atoms with Crippen molar-refractivity contribution >= 4 is 5.91 Å². The third-order valence-corrected chi connectivity index (χ3v) is 5.50. The van der Waals surface area contributed by atoms with E-state index in [1.54, 1.807) is 0 Å². The van der Waals surface area contributed by atoms with Crippen molar-refractivity contribution in [1.29, 1.82) is 0 Å². The maximum absolute atomic E-state index is 13.6. The lowest BCUT2D eigenvalue weighted by molar-refractivity contribution is -0.134. The highest BCUT2D eigenvalue weighted by molar-refractivity contribution is 5.91. The molecule has 2 rings (SSSR count). The van der Waals surface area contributed by atoms with Crippen LogP contribution in [0.15, 0.2) is 60.7 Å². The Balaban J connectivity index is 2.29. The molecule has 0 aromatic heterocycles. The van der Waals surface area contributed by atoms with E-state index in [2.05, 4.69) is 32.6 Å². The van der Waals surface area contributed by atoms with Crippen LogP contribution in [0.2, 0.25) is 0 Å². The summed E-state index contributed by atoms with van der Waals surface area (Å²) in [5.41, 5.74) is 1.35. The highest BCUT2D eigenvalue weighted by Crippen LogP contribution is 2.33. The molecule has 146 valence electrons. The molecule has 2 aromatic rings. The Hall–Kier alpha value is -2.13. The van der Waals surface area contributed by atoms with Crippen LogP contribution < -0.4 is 0 Å². The first-order valence-corrected chi connectivity index (χ1v) is 9.90. The number of benzene rings is 2. The maximum Gasteiger partial charge on any atom is 0.237 e. The number of nitrogens with zero attached hydrogens (tertiary/aromatic N) is 2. The summed E-state index contributed by atoms with van der Waals surface area (Å²) in [5, 5.41) is 0. The van der Waals surface area contributed by atoms with Gasteiger partial charge in [0.1, 0.15) is 0 Å². The monoisotopic (exact) mass is 366 g/mol. The Kier molecular flexibility index (Phi) is 7.20. The van der Waals surface area contributed by atoms with E-state index in [1.165, 1.54) is 0 Å². The molecule has 3 heteroatoms. The third-order valence-electron chi connectivity index (χ3n) is 5.50. The van der Waals surface area contributed by atoms with Crippen LogP contribution in [0.4, 0.5) is 0 Å². The lowest BCUT2D eigenvalue weighted by atomic mass is 9.75. The fourth-order valence-electron chi connectivity index (χ4n) is 3.82. The zero-order chi connectivity index (χ0) is 20.0. The molecule has 0 N–H and O–H groups in total. The SMILES string of the molecule is CC(C)N(CCN(C)C(=O)C(C)(c1ccccc1)c1ccccc1)C(C)C. The van der Waals surface area contributed by atoms with Crippen molar-refractivity contribution in [3.63, 3.8) is 0 Å². The number of carbonyl (C=O) groups excluding carboxylic acids is 1. The molecule has 0 fully saturated rings. The molecule has 27 heavy (non-hydrogen) atoms. The smallest absolute Gasteiger partial charge is 0.237 e. The molecular formula is C24H34N2O. The van der Waals surface area contributed by atoms with Gasteiger partial charge in [0.2, 0.25) is 5.91 Å². The van der Waals surface area contributed by atoms with Gasteiger partial charge in [0.15, 0.2) is 0 Å². The highest BCUT2D eigenvalue weighted by Gasteiger charge is 2.39. The summed E-state index contributed by atoms with van der Waals surface area (Å²) in [5.74, 6) is 0.132. The Labute approximate surface area is 165 Å². The second-order valence-corrected chi connectivity index (χ2v) is 8.01. The van der Waals surface area contributed by atoms with Gasteiger partial charge in [-0.2, -0.15) is 0 Å². The quantitative estimate of drug-likeness (QED) is 0.683. The van der Waals surface area contributed by atoms with Crippen molar-refractivity contribution < 1.29 is 4.79 Å². The van der Waals surface area contributed by atoms with Crippen LogP contribution >= 0.6 is 0 Å². The van der Waals surface area contributed by atoms with Crippen LogP contribution in [-0.2, 0) is 10.2 Å². The fourth-order valence-corrected chi connectivity index (χ4v) is 3.82. The molecule has 2 aromatic carbocycles. The highest BCUT2D eigenvalue weighted by atomic mass is 16.2. The number of hydrogen-bond donors (Lipinski definition) is 0. The average molecular weight is 367 g/mol. The Bertz CT molecular complexity index is 662. The summed E-state index contributed by atoms with van der Waals surface area (Å²) in [6.07, 6.45) is 0. The minimum atomic E-state index is -0.697. The van der Waals surface area contributed by atoms with Gasteiger partial charge < -0.3 is 4.90 Å². The van der Waals surface area contributed by atoms with Gasteiger partial charge in [-0.1, -0.05) is 60.7 Å². The molecule has 3 nitrogen and oxygen atoms in total. The van der Waals surface area contributed by atoms with Crippen molar-refractivity contribution in [3.05, 3.63) is 71.8 Å². The molecule has 0 spiro atoms. The van der Waals surface area contributed by atoms with Crippen LogP contribution in [0.5, 0.6) is 0 Å². The molecule has 0 atom stereocenters. The Morgan fingerprint density at radius 3 is 1.59 bits per heavy atom. The van der Waals surface area contributed by atoms with Crippen LogP contribution in [0, 0.1) is 0 Å². The van der Waals surface area contributed by atoms with Crippen LogP contribution in [0.1, 0.15) is 45.7 Å². The largest absolute Gasteiger partial charge is 0.343 e. The van der Waals surface area contributed by atoms with Gasteiger partial charge >= 0.3 is 0 Å². The van der Waals surface area contributed by atoms with Crippen LogP contribution in [-0.4, -0.2) is 47.9 Å². The standard InChI is InChI=1S/C24H34N2O/c1-19(2)26(20(3)4)18-17-25(6)23(27)24(5,21-13-9-7-10-14-21)22-15-11-8-12-16-22/h7-16,19-20H,17-18H2,1-6H3. The van der Waals surface area contributed by atoms with Gasteiger partial charge in [-0.3, -0.25) is 9.69 Å².